The van der Waals surface area contributed by atoms with E-state index in [1.165, 1.54) is 12.1 Å². The summed E-state index contributed by atoms with van der Waals surface area (Å²) in [6.07, 6.45) is 2.95. The molecule has 0 bridgehead atoms. The number of amides is 1. The van der Waals surface area contributed by atoms with Gasteiger partial charge in [-0.1, -0.05) is 23.7 Å². The number of phenolic OH excluding ortho intramolecular Hbond substituents is 1. The normalized spacial score (nSPS) is 10.6. The van der Waals surface area contributed by atoms with Crippen LogP contribution in [-0.4, -0.2) is 18.1 Å². The second-order valence-electron chi connectivity index (χ2n) is 4.23. The first-order valence-electron chi connectivity index (χ1n) is 6.21. The van der Waals surface area contributed by atoms with Gasteiger partial charge in [-0.2, -0.15) is 0 Å². The average Bonchev–Trinajstić information content (AvgIpc) is 2.48. The first-order valence-corrected chi connectivity index (χ1v) is 6.58. The van der Waals surface area contributed by atoms with Gasteiger partial charge in [0.1, 0.15) is 11.5 Å². The third kappa shape index (κ3) is 4.00. The number of nitrogens with one attached hydrogen (secondary N) is 1. The van der Waals surface area contributed by atoms with Crippen LogP contribution >= 0.6 is 11.6 Å². The van der Waals surface area contributed by atoms with E-state index >= 15 is 0 Å². The molecule has 2 rings (SSSR count). The fourth-order valence-corrected chi connectivity index (χ4v) is 1.94. The van der Waals surface area contributed by atoms with Gasteiger partial charge in [0.05, 0.1) is 12.8 Å². The first kappa shape index (κ1) is 14.9. The molecule has 2 N–H and O–H groups in total. The second-order valence-corrected chi connectivity index (χ2v) is 4.66. The van der Waals surface area contributed by atoms with E-state index in [4.69, 9.17) is 16.3 Å². The van der Waals surface area contributed by atoms with Gasteiger partial charge in [0, 0.05) is 16.7 Å². The van der Waals surface area contributed by atoms with Crippen molar-refractivity contribution in [1.29, 1.82) is 0 Å². The minimum Gasteiger partial charge on any atom is -0.506 e. The topological polar surface area (TPSA) is 58.6 Å². The average molecular weight is 304 g/mol. The summed E-state index contributed by atoms with van der Waals surface area (Å²) in [6, 6.07) is 11.6. The van der Waals surface area contributed by atoms with Gasteiger partial charge in [0.2, 0.25) is 5.91 Å². The lowest BCUT2D eigenvalue weighted by Crippen LogP contribution is -2.07. The molecule has 0 unspecified atom stereocenters. The van der Waals surface area contributed by atoms with Crippen molar-refractivity contribution in [2.24, 2.45) is 0 Å². The number of hydrogen-bond donors (Lipinski definition) is 2. The van der Waals surface area contributed by atoms with E-state index in [0.717, 1.165) is 0 Å². The van der Waals surface area contributed by atoms with Crippen LogP contribution in [0.15, 0.2) is 48.5 Å². The quantitative estimate of drug-likeness (QED) is 0.669. The molecule has 2 aromatic rings. The monoisotopic (exact) mass is 303 g/mol. The predicted octanol–water partition coefficient (Wildman–Crippen LogP) is 3.71. The number of carbonyl (C=O) groups excluding carboxylic acids is 1. The number of hydrogen-bond acceptors (Lipinski definition) is 3. The number of methoxy groups -OCH3 is 1. The Morgan fingerprint density at radius 3 is 2.76 bits per heavy atom. The summed E-state index contributed by atoms with van der Waals surface area (Å²) in [7, 11) is 1.54. The fourth-order valence-electron chi connectivity index (χ4n) is 1.75. The smallest absolute Gasteiger partial charge is 0.248 e. The molecule has 4 nitrogen and oxygen atoms in total. The van der Waals surface area contributed by atoms with Crippen LogP contribution in [0.5, 0.6) is 11.5 Å². The Balaban J connectivity index is 2.12. The minimum absolute atomic E-state index is 0.0135. The van der Waals surface area contributed by atoms with Gasteiger partial charge in [0.25, 0.3) is 0 Å². The molecule has 2 aromatic carbocycles. The third-order valence-corrected chi connectivity index (χ3v) is 3.00. The number of benzene rings is 2. The van der Waals surface area contributed by atoms with Crippen LogP contribution in [0.3, 0.4) is 0 Å². The molecule has 0 saturated heterocycles. The van der Waals surface area contributed by atoms with Gasteiger partial charge >= 0.3 is 0 Å². The van der Waals surface area contributed by atoms with Crippen LogP contribution in [0, 0.1) is 0 Å². The number of phenols is 1. The van der Waals surface area contributed by atoms with E-state index in [0.29, 0.717) is 22.0 Å². The van der Waals surface area contributed by atoms with Gasteiger partial charge in [-0.15, -0.1) is 0 Å². The molecular formula is C16H14ClNO3. The lowest BCUT2D eigenvalue weighted by molar-refractivity contribution is -0.111. The maximum Gasteiger partial charge on any atom is 0.248 e. The van der Waals surface area contributed by atoms with Crippen molar-refractivity contribution < 1.29 is 14.6 Å². The van der Waals surface area contributed by atoms with Crippen molar-refractivity contribution in [3.63, 3.8) is 0 Å². The highest BCUT2D eigenvalue weighted by Crippen LogP contribution is 2.24. The van der Waals surface area contributed by atoms with Crippen LogP contribution in [0.4, 0.5) is 5.69 Å². The fraction of sp³-hybridized carbons (Fsp3) is 0.0625. The molecule has 0 atom stereocenters. The Morgan fingerprint density at radius 2 is 2.05 bits per heavy atom. The Labute approximate surface area is 127 Å². The molecule has 0 fully saturated rings. The lowest BCUT2D eigenvalue weighted by atomic mass is 10.2. The zero-order chi connectivity index (χ0) is 15.2. The van der Waals surface area contributed by atoms with E-state index in [2.05, 4.69) is 5.32 Å². The highest BCUT2D eigenvalue weighted by atomic mass is 35.5. The van der Waals surface area contributed by atoms with E-state index in [1.54, 1.807) is 49.6 Å². The third-order valence-electron chi connectivity index (χ3n) is 2.77. The highest BCUT2D eigenvalue weighted by Gasteiger charge is 2.04. The van der Waals surface area contributed by atoms with Crippen molar-refractivity contribution in [3.8, 4) is 11.5 Å². The van der Waals surface area contributed by atoms with Crippen molar-refractivity contribution in [2.45, 2.75) is 0 Å². The van der Waals surface area contributed by atoms with E-state index < -0.39 is 0 Å². The molecule has 0 spiro atoms. The number of ether oxygens (including phenoxy) is 1. The van der Waals surface area contributed by atoms with Crippen LogP contribution in [0.2, 0.25) is 5.02 Å². The molecule has 108 valence electrons. The molecule has 0 saturated carbocycles. The van der Waals surface area contributed by atoms with Crippen molar-refractivity contribution in [2.75, 3.05) is 12.4 Å². The zero-order valence-corrected chi connectivity index (χ0v) is 12.1. The molecule has 0 aliphatic heterocycles. The van der Waals surface area contributed by atoms with Gasteiger partial charge in [-0.05, 0) is 36.4 Å². The number of halogens is 1. The maximum atomic E-state index is 11.8. The van der Waals surface area contributed by atoms with Crippen molar-refractivity contribution >= 4 is 29.3 Å². The summed E-state index contributed by atoms with van der Waals surface area (Å²) in [4.78, 5) is 11.8. The lowest BCUT2D eigenvalue weighted by Gasteiger charge is -2.06. The zero-order valence-electron chi connectivity index (χ0n) is 11.3. The number of rotatable bonds is 4. The van der Waals surface area contributed by atoms with Crippen molar-refractivity contribution in [1.82, 2.24) is 0 Å². The Kier molecular flexibility index (Phi) is 4.85. The first-order chi connectivity index (χ1) is 10.1. The van der Waals surface area contributed by atoms with Gasteiger partial charge in [-0.3, -0.25) is 4.79 Å². The van der Waals surface area contributed by atoms with Crippen LogP contribution in [0.1, 0.15) is 5.56 Å². The van der Waals surface area contributed by atoms with Gasteiger partial charge in [-0.25, -0.2) is 0 Å². The minimum atomic E-state index is -0.362. The molecule has 0 aromatic heterocycles. The number of carbonyl (C=O) groups is 1. The summed E-state index contributed by atoms with van der Waals surface area (Å²) in [5.41, 5.74) is 1.04. The number of para-hydroxylation sites is 2. The van der Waals surface area contributed by atoms with Crippen LogP contribution in [-0.2, 0) is 4.79 Å². The molecular weight excluding hydrogens is 290 g/mol. The van der Waals surface area contributed by atoms with Crippen LogP contribution in [0.25, 0.3) is 6.08 Å². The molecule has 0 aliphatic rings. The van der Waals surface area contributed by atoms with E-state index in [9.17, 15) is 9.90 Å². The predicted molar refractivity (Wildman–Crippen MR) is 83.8 cm³/mol. The van der Waals surface area contributed by atoms with E-state index in [1.807, 2.05) is 0 Å². The summed E-state index contributed by atoms with van der Waals surface area (Å²) >= 11 is 5.92. The Hall–Kier alpha value is -2.46. The molecule has 0 heterocycles. The summed E-state index contributed by atoms with van der Waals surface area (Å²) in [5.74, 6) is 0.268. The van der Waals surface area contributed by atoms with Gasteiger partial charge in [0.15, 0.2) is 0 Å². The molecule has 1 amide bonds. The number of aromatic hydroxyl groups is 1. The summed E-state index contributed by atoms with van der Waals surface area (Å²) in [6.45, 7) is 0. The Morgan fingerprint density at radius 1 is 1.29 bits per heavy atom. The SMILES string of the molecule is COc1ccc(Cl)cc1/C=C/C(=O)Nc1ccccc1O. The largest absolute Gasteiger partial charge is 0.506 e. The Bertz CT molecular complexity index is 683. The summed E-state index contributed by atoms with van der Waals surface area (Å²) < 4.78 is 5.19. The second kappa shape index (κ2) is 6.81. The molecule has 0 aliphatic carbocycles. The molecule has 21 heavy (non-hydrogen) atoms. The van der Waals surface area contributed by atoms with E-state index in [-0.39, 0.29) is 11.7 Å². The molecule has 0 radical (unpaired) electrons. The standard InChI is InChI=1S/C16H14ClNO3/c1-21-15-8-7-12(17)10-11(15)6-9-16(20)18-13-4-2-3-5-14(13)19/h2-10,19H,1H3,(H,18,20)/b9-6+. The molecule has 5 heteroatoms. The number of anilines is 1. The summed E-state index contributed by atoms with van der Waals surface area (Å²) in [5, 5.41) is 12.7. The van der Waals surface area contributed by atoms with Crippen molar-refractivity contribution in [3.05, 3.63) is 59.1 Å². The maximum absolute atomic E-state index is 11.8. The van der Waals surface area contributed by atoms with Crippen LogP contribution < -0.4 is 10.1 Å². The van der Waals surface area contributed by atoms with Gasteiger partial charge < -0.3 is 15.2 Å². The highest BCUT2D eigenvalue weighted by molar-refractivity contribution is 6.30.